The van der Waals surface area contributed by atoms with Crippen molar-refractivity contribution >= 4 is 0 Å². The highest BCUT2D eigenvalue weighted by Gasteiger charge is 2.32. The van der Waals surface area contributed by atoms with E-state index in [2.05, 4.69) is 29.6 Å². The molecule has 98 valence electrons. The Morgan fingerprint density at radius 1 is 1.11 bits per heavy atom. The molecule has 1 N–H and O–H groups in total. The number of methoxy groups -OCH3 is 1. The minimum absolute atomic E-state index is 0.845. The highest BCUT2D eigenvalue weighted by atomic mass is 16.5. The lowest BCUT2D eigenvalue weighted by Gasteiger charge is -2.37. The molecule has 2 fully saturated rings. The summed E-state index contributed by atoms with van der Waals surface area (Å²) in [5, 5.41) is 3.67. The second kappa shape index (κ2) is 5.31. The first-order valence-electron chi connectivity index (χ1n) is 7.22. The topological polar surface area (TPSA) is 21.3 Å². The van der Waals surface area contributed by atoms with Gasteiger partial charge < -0.3 is 10.1 Å². The fourth-order valence-electron chi connectivity index (χ4n) is 2.94. The Morgan fingerprint density at radius 3 is 2.56 bits per heavy atom. The number of benzene rings is 1. The molecule has 2 heteroatoms. The van der Waals surface area contributed by atoms with Crippen LogP contribution in [0, 0.1) is 11.8 Å². The van der Waals surface area contributed by atoms with Crippen LogP contribution in [0.15, 0.2) is 24.3 Å². The molecule has 0 amide bonds. The summed E-state index contributed by atoms with van der Waals surface area (Å²) in [5.74, 6) is 2.79. The lowest BCUT2D eigenvalue weighted by molar-refractivity contribution is 0.169. The van der Waals surface area contributed by atoms with E-state index in [1.54, 1.807) is 7.11 Å². The van der Waals surface area contributed by atoms with Crippen LogP contribution in [0.1, 0.15) is 31.2 Å². The Hall–Kier alpha value is -1.02. The zero-order valence-corrected chi connectivity index (χ0v) is 11.2. The standard InChI is InChI=1S/C16H23NO/c1-18-16-5-3-2-4-13(16)10-12-6-7-14(12)11-17-15-8-9-15/h2-5,12,14-15,17H,6-11H2,1H3. The largest absolute Gasteiger partial charge is 0.496 e. The third-order valence-electron chi connectivity index (χ3n) is 4.50. The van der Waals surface area contributed by atoms with E-state index in [-0.39, 0.29) is 0 Å². The van der Waals surface area contributed by atoms with Crippen LogP contribution in [0.3, 0.4) is 0 Å². The van der Waals surface area contributed by atoms with Crippen molar-refractivity contribution in [1.29, 1.82) is 0 Å². The van der Waals surface area contributed by atoms with Crippen LogP contribution in [0.25, 0.3) is 0 Å². The van der Waals surface area contributed by atoms with Gasteiger partial charge in [-0.1, -0.05) is 18.2 Å². The van der Waals surface area contributed by atoms with Crippen LogP contribution in [0.4, 0.5) is 0 Å². The lowest BCUT2D eigenvalue weighted by atomic mass is 9.70. The van der Waals surface area contributed by atoms with Crippen LogP contribution in [-0.4, -0.2) is 19.7 Å². The SMILES string of the molecule is COc1ccccc1CC1CCC1CNC1CC1. The van der Waals surface area contributed by atoms with Crippen molar-refractivity contribution in [2.45, 2.75) is 38.1 Å². The minimum Gasteiger partial charge on any atom is -0.496 e. The molecule has 2 saturated carbocycles. The number of para-hydroxylation sites is 1. The highest BCUT2D eigenvalue weighted by molar-refractivity contribution is 5.33. The van der Waals surface area contributed by atoms with Gasteiger partial charge in [0, 0.05) is 6.04 Å². The maximum Gasteiger partial charge on any atom is 0.122 e. The predicted octanol–water partition coefficient (Wildman–Crippen LogP) is 3.02. The molecule has 1 aromatic carbocycles. The van der Waals surface area contributed by atoms with Crippen LogP contribution in [0.5, 0.6) is 5.75 Å². The van der Waals surface area contributed by atoms with Crippen molar-refractivity contribution in [3.8, 4) is 5.75 Å². The minimum atomic E-state index is 0.845. The van der Waals surface area contributed by atoms with Gasteiger partial charge in [0.15, 0.2) is 0 Å². The van der Waals surface area contributed by atoms with Gasteiger partial charge in [-0.3, -0.25) is 0 Å². The monoisotopic (exact) mass is 245 g/mol. The number of nitrogens with one attached hydrogen (secondary N) is 1. The Bertz CT molecular complexity index is 400. The Kier molecular flexibility index (Phi) is 3.55. The van der Waals surface area contributed by atoms with Gasteiger partial charge in [0.1, 0.15) is 5.75 Å². The molecule has 0 spiro atoms. The molecule has 0 radical (unpaired) electrons. The predicted molar refractivity (Wildman–Crippen MR) is 73.9 cm³/mol. The molecule has 2 aliphatic carbocycles. The first-order chi connectivity index (χ1) is 8.86. The van der Waals surface area contributed by atoms with Crippen LogP contribution >= 0.6 is 0 Å². The van der Waals surface area contributed by atoms with Crippen molar-refractivity contribution in [3.05, 3.63) is 29.8 Å². The van der Waals surface area contributed by atoms with Gasteiger partial charge in [-0.05, 0) is 62.1 Å². The van der Waals surface area contributed by atoms with Gasteiger partial charge >= 0.3 is 0 Å². The summed E-state index contributed by atoms with van der Waals surface area (Å²) in [5.41, 5.74) is 1.38. The van der Waals surface area contributed by atoms with E-state index in [9.17, 15) is 0 Å². The fraction of sp³-hybridized carbons (Fsp3) is 0.625. The van der Waals surface area contributed by atoms with E-state index < -0.39 is 0 Å². The summed E-state index contributed by atoms with van der Waals surface area (Å²) >= 11 is 0. The molecule has 2 atom stereocenters. The Morgan fingerprint density at radius 2 is 1.89 bits per heavy atom. The van der Waals surface area contributed by atoms with E-state index in [1.807, 2.05) is 0 Å². The first kappa shape index (κ1) is 12.0. The van der Waals surface area contributed by atoms with Crippen LogP contribution < -0.4 is 10.1 Å². The van der Waals surface area contributed by atoms with E-state index in [1.165, 1.54) is 44.2 Å². The Balaban J connectivity index is 1.54. The van der Waals surface area contributed by atoms with Gasteiger partial charge in [0.25, 0.3) is 0 Å². The molecule has 0 bridgehead atoms. The van der Waals surface area contributed by atoms with Crippen molar-refractivity contribution in [2.24, 2.45) is 11.8 Å². The van der Waals surface area contributed by atoms with Crippen molar-refractivity contribution in [3.63, 3.8) is 0 Å². The average molecular weight is 245 g/mol. The first-order valence-corrected chi connectivity index (χ1v) is 7.22. The van der Waals surface area contributed by atoms with E-state index >= 15 is 0 Å². The van der Waals surface area contributed by atoms with Gasteiger partial charge in [-0.2, -0.15) is 0 Å². The van der Waals surface area contributed by atoms with Crippen LogP contribution in [-0.2, 0) is 6.42 Å². The smallest absolute Gasteiger partial charge is 0.122 e. The molecule has 18 heavy (non-hydrogen) atoms. The quantitative estimate of drug-likeness (QED) is 0.832. The van der Waals surface area contributed by atoms with Gasteiger partial charge in [-0.15, -0.1) is 0 Å². The van der Waals surface area contributed by atoms with E-state index in [0.717, 1.165) is 23.6 Å². The van der Waals surface area contributed by atoms with Crippen molar-refractivity contribution in [1.82, 2.24) is 5.32 Å². The molecule has 3 rings (SSSR count). The molecule has 2 unspecified atom stereocenters. The molecule has 2 aliphatic rings. The molecule has 0 aliphatic heterocycles. The number of rotatable bonds is 6. The van der Waals surface area contributed by atoms with Gasteiger partial charge in [0.05, 0.1) is 7.11 Å². The molecule has 1 aromatic rings. The summed E-state index contributed by atoms with van der Waals surface area (Å²) in [7, 11) is 1.77. The van der Waals surface area contributed by atoms with E-state index in [4.69, 9.17) is 4.74 Å². The summed E-state index contributed by atoms with van der Waals surface area (Å²) in [6, 6.07) is 9.30. The average Bonchev–Trinajstić information content (AvgIpc) is 3.19. The molecule has 0 saturated heterocycles. The van der Waals surface area contributed by atoms with Gasteiger partial charge in [-0.25, -0.2) is 0 Å². The zero-order chi connectivity index (χ0) is 12.4. The lowest BCUT2D eigenvalue weighted by Crippen LogP contribution is -2.37. The molecular weight excluding hydrogens is 222 g/mol. The third-order valence-corrected chi connectivity index (χ3v) is 4.50. The summed E-state index contributed by atoms with van der Waals surface area (Å²) < 4.78 is 5.44. The van der Waals surface area contributed by atoms with Crippen molar-refractivity contribution < 1.29 is 4.74 Å². The zero-order valence-electron chi connectivity index (χ0n) is 11.2. The summed E-state index contributed by atoms with van der Waals surface area (Å²) in [6.45, 7) is 1.23. The molecule has 2 nitrogen and oxygen atoms in total. The Labute approximate surface area is 110 Å². The molecular formula is C16H23NO. The summed E-state index contributed by atoms with van der Waals surface area (Å²) in [6.07, 6.45) is 6.75. The molecule has 0 aromatic heterocycles. The third kappa shape index (κ3) is 2.69. The number of ether oxygens (including phenoxy) is 1. The van der Waals surface area contributed by atoms with Crippen molar-refractivity contribution in [2.75, 3.05) is 13.7 Å². The second-order valence-electron chi connectivity index (χ2n) is 5.80. The maximum atomic E-state index is 5.44. The maximum absolute atomic E-state index is 5.44. The van der Waals surface area contributed by atoms with Gasteiger partial charge in [0.2, 0.25) is 0 Å². The normalized spacial score (nSPS) is 26.7. The molecule has 0 heterocycles. The fourth-order valence-corrected chi connectivity index (χ4v) is 2.94. The van der Waals surface area contributed by atoms with Crippen LogP contribution in [0.2, 0.25) is 0 Å². The highest BCUT2D eigenvalue weighted by Crippen LogP contribution is 2.38. The number of hydrogen-bond donors (Lipinski definition) is 1. The second-order valence-corrected chi connectivity index (χ2v) is 5.80. The summed E-state index contributed by atoms with van der Waals surface area (Å²) in [4.78, 5) is 0. The van der Waals surface area contributed by atoms with E-state index in [0.29, 0.717) is 0 Å². The number of hydrogen-bond acceptors (Lipinski definition) is 2.